The van der Waals surface area contributed by atoms with Gasteiger partial charge in [0.15, 0.2) is 0 Å². The topological polar surface area (TPSA) is 80.7 Å². The monoisotopic (exact) mass is 389 g/mol. The van der Waals surface area contributed by atoms with E-state index in [4.69, 9.17) is 27.6 Å². The lowest BCUT2D eigenvalue weighted by molar-refractivity contribution is -0.384. The lowest BCUT2D eigenvalue weighted by atomic mass is 10.1. The SMILES string of the molecule is O=[N+]([O-])c1ccc(-c2ccc(/C=N\NCc3ccccc3Cl)o2)c(Cl)c1. The minimum absolute atomic E-state index is 0.0733. The number of hydrogen-bond donors (Lipinski definition) is 1. The smallest absolute Gasteiger partial charge is 0.270 e. The Morgan fingerprint density at radius 2 is 1.92 bits per heavy atom. The highest BCUT2D eigenvalue weighted by molar-refractivity contribution is 6.33. The first-order valence-corrected chi connectivity index (χ1v) is 8.33. The molecule has 0 bridgehead atoms. The molecule has 0 saturated carbocycles. The van der Waals surface area contributed by atoms with Crippen LogP contribution in [0.2, 0.25) is 10.0 Å². The van der Waals surface area contributed by atoms with E-state index in [1.165, 1.54) is 18.3 Å². The van der Waals surface area contributed by atoms with Crippen LogP contribution >= 0.6 is 23.2 Å². The Balaban J connectivity index is 1.66. The molecular weight excluding hydrogens is 377 g/mol. The highest BCUT2D eigenvalue weighted by Crippen LogP contribution is 2.32. The van der Waals surface area contributed by atoms with Gasteiger partial charge < -0.3 is 9.84 Å². The van der Waals surface area contributed by atoms with Gasteiger partial charge in [0, 0.05) is 22.7 Å². The summed E-state index contributed by atoms with van der Waals surface area (Å²) in [5.41, 5.74) is 4.33. The molecule has 6 nitrogen and oxygen atoms in total. The van der Waals surface area contributed by atoms with Gasteiger partial charge in [-0.2, -0.15) is 5.10 Å². The van der Waals surface area contributed by atoms with E-state index < -0.39 is 4.92 Å². The number of furan rings is 1. The summed E-state index contributed by atoms with van der Waals surface area (Å²) in [6.07, 6.45) is 1.53. The maximum absolute atomic E-state index is 10.8. The van der Waals surface area contributed by atoms with E-state index in [-0.39, 0.29) is 10.7 Å². The number of non-ortho nitro benzene ring substituents is 1. The molecule has 0 unspecified atom stereocenters. The second-order valence-electron chi connectivity index (χ2n) is 5.31. The standard InChI is InChI=1S/C18H13Cl2N3O3/c19-16-4-2-1-3-12(16)10-21-22-11-14-6-8-18(26-14)15-7-5-13(23(24)25)9-17(15)20/h1-9,11,21H,10H2/b22-11-. The van der Waals surface area contributed by atoms with Crippen molar-refractivity contribution < 1.29 is 9.34 Å². The van der Waals surface area contributed by atoms with Gasteiger partial charge in [-0.15, -0.1) is 0 Å². The average molecular weight is 390 g/mol. The molecule has 1 N–H and O–H groups in total. The first kappa shape index (κ1) is 18.0. The molecule has 0 fully saturated rings. The normalized spacial score (nSPS) is 11.0. The van der Waals surface area contributed by atoms with E-state index in [0.717, 1.165) is 5.56 Å². The summed E-state index contributed by atoms with van der Waals surface area (Å²) < 4.78 is 5.66. The van der Waals surface area contributed by atoms with Crippen molar-refractivity contribution in [1.29, 1.82) is 0 Å². The Bertz CT molecular complexity index is 970. The van der Waals surface area contributed by atoms with Crippen LogP contribution in [0.5, 0.6) is 0 Å². The first-order chi connectivity index (χ1) is 12.5. The number of halogens is 2. The van der Waals surface area contributed by atoms with Crippen LogP contribution in [0.4, 0.5) is 5.69 Å². The van der Waals surface area contributed by atoms with Gasteiger partial charge in [0.1, 0.15) is 11.5 Å². The van der Waals surface area contributed by atoms with Gasteiger partial charge in [0.05, 0.1) is 22.7 Å². The van der Waals surface area contributed by atoms with Crippen molar-refractivity contribution in [2.45, 2.75) is 6.54 Å². The Hall–Kier alpha value is -2.83. The summed E-state index contributed by atoms with van der Waals surface area (Å²) in [5.74, 6) is 1.01. The van der Waals surface area contributed by atoms with E-state index >= 15 is 0 Å². The molecule has 0 amide bonds. The Morgan fingerprint density at radius 3 is 2.65 bits per heavy atom. The van der Waals surface area contributed by atoms with Crippen molar-refractivity contribution in [3.05, 3.63) is 86.1 Å². The average Bonchev–Trinajstić information content (AvgIpc) is 3.08. The molecule has 3 rings (SSSR count). The van der Waals surface area contributed by atoms with Crippen LogP contribution in [0.1, 0.15) is 11.3 Å². The first-order valence-electron chi connectivity index (χ1n) is 7.58. The molecule has 26 heavy (non-hydrogen) atoms. The highest BCUT2D eigenvalue weighted by atomic mass is 35.5. The molecule has 0 saturated heterocycles. The molecule has 1 aromatic heterocycles. The molecule has 8 heteroatoms. The number of rotatable bonds is 6. The van der Waals surface area contributed by atoms with Crippen molar-refractivity contribution in [2.75, 3.05) is 0 Å². The van der Waals surface area contributed by atoms with E-state index in [1.54, 1.807) is 18.2 Å². The third-order valence-electron chi connectivity index (χ3n) is 3.57. The van der Waals surface area contributed by atoms with Gasteiger partial charge in [-0.25, -0.2) is 0 Å². The molecule has 0 radical (unpaired) electrons. The van der Waals surface area contributed by atoms with Crippen LogP contribution < -0.4 is 5.43 Å². The molecule has 0 aliphatic heterocycles. The molecular formula is C18H13Cl2N3O3. The quantitative estimate of drug-likeness (QED) is 0.353. The predicted octanol–water partition coefficient (Wildman–Crippen LogP) is 5.29. The fraction of sp³-hybridized carbons (Fsp3) is 0.0556. The summed E-state index contributed by atoms with van der Waals surface area (Å²) in [5, 5.41) is 15.8. The summed E-state index contributed by atoms with van der Waals surface area (Å²) in [6, 6.07) is 15.2. The van der Waals surface area contributed by atoms with Crippen molar-refractivity contribution >= 4 is 35.1 Å². The van der Waals surface area contributed by atoms with Crippen molar-refractivity contribution in [3.8, 4) is 11.3 Å². The van der Waals surface area contributed by atoms with Crippen LogP contribution in [-0.4, -0.2) is 11.1 Å². The van der Waals surface area contributed by atoms with E-state index in [1.807, 2.05) is 24.3 Å². The highest BCUT2D eigenvalue weighted by Gasteiger charge is 2.13. The number of nitrogens with one attached hydrogen (secondary N) is 1. The Labute approximate surface area is 159 Å². The number of nitrogens with zero attached hydrogens (tertiary/aromatic N) is 2. The van der Waals surface area contributed by atoms with E-state index in [0.29, 0.717) is 28.7 Å². The van der Waals surface area contributed by atoms with Crippen LogP contribution in [-0.2, 0) is 6.54 Å². The van der Waals surface area contributed by atoms with E-state index in [2.05, 4.69) is 10.5 Å². The fourth-order valence-electron chi connectivity index (χ4n) is 2.27. The van der Waals surface area contributed by atoms with Crippen LogP contribution in [0.3, 0.4) is 0 Å². The third kappa shape index (κ3) is 4.22. The summed E-state index contributed by atoms with van der Waals surface area (Å²) in [7, 11) is 0. The lowest BCUT2D eigenvalue weighted by Gasteiger charge is -2.02. The van der Waals surface area contributed by atoms with Gasteiger partial charge in [-0.3, -0.25) is 10.1 Å². The molecule has 3 aromatic rings. The number of nitro benzene ring substituents is 1. The van der Waals surface area contributed by atoms with E-state index in [9.17, 15) is 10.1 Å². The summed E-state index contributed by atoms with van der Waals surface area (Å²) in [6.45, 7) is 0.484. The largest absolute Gasteiger partial charge is 0.455 e. The molecule has 0 spiro atoms. The maximum atomic E-state index is 10.8. The van der Waals surface area contributed by atoms with Gasteiger partial charge in [0.2, 0.25) is 0 Å². The minimum Gasteiger partial charge on any atom is -0.455 e. The second kappa shape index (κ2) is 8.03. The van der Waals surface area contributed by atoms with Gasteiger partial charge >= 0.3 is 0 Å². The second-order valence-corrected chi connectivity index (χ2v) is 6.12. The zero-order valence-corrected chi connectivity index (χ0v) is 14.9. The number of nitro groups is 1. The Morgan fingerprint density at radius 1 is 1.12 bits per heavy atom. The molecule has 1 heterocycles. The van der Waals surface area contributed by atoms with Crippen molar-refractivity contribution in [1.82, 2.24) is 5.43 Å². The van der Waals surface area contributed by atoms with Crippen molar-refractivity contribution in [2.24, 2.45) is 5.10 Å². The maximum Gasteiger partial charge on any atom is 0.270 e. The number of benzene rings is 2. The van der Waals surface area contributed by atoms with Crippen LogP contribution in [0.25, 0.3) is 11.3 Å². The van der Waals surface area contributed by atoms with Crippen molar-refractivity contribution in [3.63, 3.8) is 0 Å². The lowest BCUT2D eigenvalue weighted by Crippen LogP contribution is -2.05. The van der Waals surface area contributed by atoms with Crippen LogP contribution in [0, 0.1) is 10.1 Å². The number of hydrogen-bond acceptors (Lipinski definition) is 5. The van der Waals surface area contributed by atoms with Crippen LogP contribution in [0.15, 0.2) is 64.1 Å². The summed E-state index contributed by atoms with van der Waals surface area (Å²) >= 11 is 12.2. The minimum atomic E-state index is -0.499. The molecule has 132 valence electrons. The summed E-state index contributed by atoms with van der Waals surface area (Å²) in [4.78, 5) is 10.3. The number of hydrazone groups is 1. The molecule has 0 aliphatic carbocycles. The zero-order valence-electron chi connectivity index (χ0n) is 13.4. The Kier molecular flexibility index (Phi) is 5.55. The molecule has 0 atom stereocenters. The van der Waals surface area contributed by atoms with Gasteiger partial charge in [-0.05, 0) is 29.8 Å². The third-order valence-corrected chi connectivity index (χ3v) is 4.25. The molecule has 0 aliphatic rings. The van der Waals surface area contributed by atoms with Gasteiger partial charge in [0.25, 0.3) is 5.69 Å². The fourth-order valence-corrected chi connectivity index (χ4v) is 2.74. The van der Waals surface area contributed by atoms with Gasteiger partial charge in [-0.1, -0.05) is 41.4 Å². The predicted molar refractivity (Wildman–Crippen MR) is 102 cm³/mol. The zero-order chi connectivity index (χ0) is 18.5. The molecule has 2 aromatic carbocycles.